The molecule has 0 heterocycles. The van der Waals surface area contributed by atoms with Crippen LogP contribution in [0, 0.1) is 0 Å². The summed E-state index contributed by atoms with van der Waals surface area (Å²) in [6, 6.07) is 0. The Hall–Kier alpha value is -0.440. The van der Waals surface area contributed by atoms with Crippen LogP contribution < -0.4 is 11.5 Å². The van der Waals surface area contributed by atoms with Crippen molar-refractivity contribution in [1.29, 1.82) is 0 Å². The summed E-state index contributed by atoms with van der Waals surface area (Å²) >= 11 is 4.67. The van der Waals surface area contributed by atoms with E-state index in [1.807, 2.05) is 0 Å². The third-order valence-electron chi connectivity index (χ3n) is 0.0976. The maximum atomic E-state index is 4.69. The van der Waals surface area contributed by atoms with Gasteiger partial charge in [-0.2, -0.15) is 0 Å². The Morgan fingerprint density at radius 3 is 1.80 bits per heavy atom. The van der Waals surface area contributed by atoms with E-state index in [9.17, 15) is 0 Å². The molecule has 0 aromatic carbocycles. The maximum Gasteiger partial charge on any atom is 0.203 e. The number of nitrogens with two attached hydrogens (primary N) is 2. The molecule has 0 aromatic rings. The minimum Gasteiger partial charge on any atom is -0.369 e. The highest BCUT2D eigenvalue weighted by molar-refractivity contribution is 6.19. The van der Waals surface area contributed by atoms with Gasteiger partial charge in [0.1, 0.15) is 0 Å². The minimum absolute atomic E-state index is 0.105. The highest BCUT2D eigenvalue weighted by Gasteiger charge is 1.64. The van der Waals surface area contributed by atoms with Crippen LogP contribution in [-0.2, 0) is 0 Å². The van der Waals surface area contributed by atoms with Crippen LogP contribution in [0.3, 0.4) is 0 Å². The molecule has 0 aliphatic carbocycles. The van der Waals surface area contributed by atoms with Gasteiger partial charge in [0.05, 0.1) is 0 Å². The van der Waals surface area contributed by atoms with Crippen LogP contribution in [0.15, 0.2) is 4.51 Å². The standard InChI is InChI=1S/CH4ClN3/c2-5-1(3)4/h(H4,3,4,5). The quantitative estimate of drug-likeness (QED) is 0.311. The predicted molar refractivity (Wildman–Crippen MR) is 21.7 cm³/mol. The lowest BCUT2D eigenvalue weighted by molar-refractivity contribution is 1.53. The largest absolute Gasteiger partial charge is 0.369 e. The second-order valence-corrected chi connectivity index (χ2v) is 0.678. The van der Waals surface area contributed by atoms with E-state index >= 15 is 0 Å². The number of nitrogens with zero attached hydrogens (tertiary/aromatic N) is 1. The summed E-state index contributed by atoms with van der Waals surface area (Å²) in [5.41, 5.74) is 9.38. The SMILES string of the molecule is NC(N)=NCl. The van der Waals surface area contributed by atoms with Crippen LogP contribution in [0.2, 0.25) is 0 Å². The molecule has 0 rings (SSSR count). The van der Waals surface area contributed by atoms with Gasteiger partial charge < -0.3 is 11.5 Å². The van der Waals surface area contributed by atoms with Crippen molar-refractivity contribution in [3.63, 3.8) is 0 Å². The first-order valence-electron chi connectivity index (χ1n) is 0.970. The van der Waals surface area contributed by atoms with Gasteiger partial charge in [-0.3, -0.25) is 0 Å². The Labute approximate surface area is 34.7 Å². The van der Waals surface area contributed by atoms with Crippen molar-refractivity contribution in [2.45, 2.75) is 0 Å². The zero-order valence-corrected chi connectivity index (χ0v) is 3.24. The zero-order chi connectivity index (χ0) is 4.28. The molecule has 0 spiro atoms. The van der Waals surface area contributed by atoms with E-state index in [1.165, 1.54) is 0 Å². The lowest BCUT2D eigenvalue weighted by Crippen LogP contribution is -2.21. The molecule has 0 unspecified atom stereocenters. The Morgan fingerprint density at radius 2 is 1.80 bits per heavy atom. The first-order chi connectivity index (χ1) is 2.27. The topological polar surface area (TPSA) is 64.4 Å². The monoisotopic (exact) mass is 93.0 g/mol. The van der Waals surface area contributed by atoms with Crippen molar-refractivity contribution in [2.24, 2.45) is 16.0 Å². The van der Waals surface area contributed by atoms with Gasteiger partial charge in [-0.05, 0) is 0 Å². The summed E-state index contributed by atoms with van der Waals surface area (Å²) in [4.78, 5) is 0. The molecule has 0 saturated heterocycles. The van der Waals surface area contributed by atoms with Crippen molar-refractivity contribution in [3.8, 4) is 0 Å². The number of guanidine groups is 1. The van der Waals surface area contributed by atoms with Crippen LogP contribution in [0.25, 0.3) is 0 Å². The fraction of sp³-hybridized carbons (Fsp3) is 0. The molecular formula is CH4ClN3. The Bertz CT molecular complexity index is 44.9. The van der Waals surface area contributed by atoms with E-state index in [-0.39, 0.29) is 5.96 Å². The van der Waals surface area contributed by atoms with E-state index in [0.717, 1.165) is 0 Å². The first-order valence-corrected chi connectivity index (χ1v) is 1.31. The summed E-state index contributed by atoms with van der Waals surface area (Å²) in [6.07, 6.45) is 0. The van der Waals surface area contributed by atoms with Crippen LogP contribution >= 0.6 is 11.8 Å². The van der Waals surface area contributed by atoms with E-state index in [4.69, 9.17) is 0 Å². The summed E-state index contributed by atoms with van der Waals surface area (Å²) in [5, 5.41) is 0. The summed E-state index contributed by atoms with van der Waals surface area (Å²) < 4.78 is 2.83. The molecule has 3 nitrogen and oxygen atoms in total. The fourth-order valence-electron chi connectivity index (χ4n) is 0. The van der Waals surface area contributed by atoms with E-state index in [2.05, 4.69) is 27.8 Å². The molecule has 0 saturated carbocycles. The molecule has 0 radical (unpaired) electrons. The molecular weight excluding hydrogens is 89.5 g/mol. The molecule has 0 atom stereocenters. The highest BCUT2D eigenvalue weighted by Crippen LogP contribution is 1.65. The summed E-state index contributed by atoms with van der Waals surface area (Å²) in [7, 11) is 0. The third-order valence-corrected chi connectivity index (χ3v) is 0.293. The molecule has 0 aliphatic heterocycles. The van der Waals surface area contributed by atoms with Gasteiger partial charge in [0, 0.05) is 11.8 Å². The molecule has 0 fully saturated rings. The van der Waals surface area contributed by atoms with Crippen LogP contribution in [0.5, 0.6) is 0 Å². The number of hydrogen-bond acceptors (Lipinski definition) is 1. The van der Waals surface area contributed by atoms with Gasteiger partial charge in [-0.1, -0.05) is 0 Å². The number of rotatable bonds is 0. The van der Waals surface area contributed by atoms with Crippen molar-refractivity contribution in [2.75, 3.05) is 0 Å². The van der Waals surface area contributed by atoms with Crippen molar-refractivity contribution in [1.82, 2.24) is 0 Å². The van der Waals surface area contributed by atoms with Gasteiger partial charge in [-0.25, -0.2) is 0 Å². The lowest BCUT2D eigenvalue weighted by Gasteiger charge is -1.74. The molecule has 4 N–H and O–H groups in total. The smallest absolute Gasteiger partial charge is 0.203 e. The van der Waals surface area contributed by atoms with E-state index in [0.29, 0.717) is 0 Å². The molecule has 0 amide bonds. The molecule has 5 heavy (non-hydrogen) atoms. The van der Waals surface area contributed by atoms with Crippen molar-refractivity contribution >= 4 is 17.7 Å². The van der Waals surface area contributed by atoms with Crippen molar-refractivity contribution in [3.05, 3.63) is 0 Å². The minimum atomic E-state index is -0.105. The zero-order valence-electron chi connectivity index (χ0n) is 2.48. The van der Waals surface area contributed by atoms with E-state index < -0.39 is 0 Å². The van der Waals surface area contributed by atoms with Gasteiger partial charge in [0.2, 0.25) is 5.96 Å². The average molecular weight is 93.5 g/mol. The average Bonchev–Trinajstić information content (AvgIpc) is 1.38. The van der Waals surface area contributed by atoms with Crippen LogP contribution in [-0.4, -0.2) is 5.96 Å². The first kappa shape index (κ1) is 4.56. The second kappa shape index (κ2) is 1.84. The maximum absolute atomic E-state index is 4.69. The Kier molecular flexibility index (Phi) is 1.68. The third kappa shape index (κ3) is 3.56. The number of halogens is 1. The Morgan fingerprint density at radius 1 is 1.60 bits per heavy atom. The van der Waals surface area contributed by atoms with Gasteiger partial charge in [-0.15, -0.1) is 4.51 Å². The lowest BCUT2D eigenvalue weighted by atomic mass is 11.1. The second-order valence-electron chi connectivity index (χ2n) is 0.509. The van der Waals surface area contributed by atoms with Crippen LogP contribution in [0.4, 0.5) is 0 Å². The molecule has 30 valence electrons. The highest BCUT2D eigenvalue weighted by atomic mass is 35.5. The fourth-order valence-corrected chi connectivity index (χ4v) is 0. The number of hydrogen-bond donors (Lipinski definition) is 2. The van der Waals surface area contributed by atoms with E-state index in [1.54, 1.807) is 0 Å². The normalized spacial score (nSPS) is 6.60. The predicted octanol–water partition coefficient (Wildman–Crippen LogP) is -0.586. The summed E-state index contributed by atoms with van der Waals surface area (Å²) in [6.45, 7) is 0. The molecule has 0 bridgehead atoms. The van der Waals surface area contributed by atoms with Crippen LogP contribution in [0.1, 0.15) is 0 Å². The van der Waals surface area contributed by atoms with Gasteiger partial charge >= 0.3 is 0 Å². The van der Waals surface area contributed by atoms with Crippen molar-refractivity contribution < 1.29 is 0 Å². The molecule has 4 heteroatoms. The Balaban J connectivity index is 3.14. The van der Waals surface area contributed by atoms with Gasteiger partial charge in [0.25, 0.3) is 0 Å². The van der Waals surface area contributed by atoms with Gasteiger partial charge in [0.15, 0.2) is 0 Å². The molecule has 0 aliphatic rings. The summed E-state index contributed by atoms with van der Waals surface area (Å²) in [5.74, 6) is -0.105. The molecule has 0 aromatic heterocycles.